The molecule has 0 atom stereocenters. The summed E-state index contributed by atoms with van der Waals surface area (Å²) in [5.74, 6) is -0.875. The van der Waals surface area contributed by atoms with Gasteiger partial charge in [0.05, 0.1) is 0 Å². The minimum absolute atomic E-state index is 0.0324. The Morgan fingerprint density at radius 2 is 1.92 bits per heavy atom. The number of carbonyl (C=O) groups excluding carboxylic acids is 2. The van der Waals surface area contributed by atoms with Gasteiger partial charge in [0.2, 0.25) is 0 Å². The van der Waals surface area contributed by atoms with Crippen LogP contribution in [0.4, 0.5) is 0 Å². The van der Waals surface area contributed by atoms with Gasteiger partial charge in [0.15, 0.2) is 11.4 Å². The molecule has 0 aliphatic carbocycles. The summed E-state index contributed by atoms with van der Waals surface area (Å²) in [4.78, 5) is 27.0. The van der Waals surface area contributed by atoms with Gasteiger partial charge in [0, 0.05) is 7.05 Å². The monoisotopic (exact) mass is 164 g/mol. The van der Waals surface area contributed by atoms with Crippen LogP contribution in [0.15, 0.2) is 6.33 Å². The number of amides is 2. The Bertz CT molecular complexity index is 341. The Morgan fingerprint density at radius 3 is 2.58 bits per heavy atom. The molecule has 0 radical (unpaired) electrons. The molecule has 60 valence electrons. The van der Waals surface area contributed by atoms with E-state index in [1.807, 2.05) is 0 Å². The number of hydrogen-bond donors (Lipinski definition) is 0. The van der Waals surface area contributed by atoms with Crippen molar-refractivity contribution < 1.29 is 9.59 Å². The molecule has 0 unspecified atom stereocenters. The van der Waals surface area contributed by atoms with E-state index < -0.39 is 11.8 Å². The van der Waals surface area contributed by atoms with E-state index in [0.29, 0.717) is 0 Å². The first kappa shape index (κ1) is 6.84. The van der Waals surface area contributed by atoms with Crippen molar-refractivity contribution in [3.63, 3.8) is 0 Å². The maximum absolute atomic E-state index is 11.2. The maximum Gasteiger partial charge on any atom is 0.283 e. The van der Waals surface area contributed by atoms with E-state index in [0.717, 1.165) is 11.2 Å². The second kappa shape index (κ2) is 2.07. The largest absolute Gasteiger partial charge is 0.283 e. The average Bonchev–Trinajstić information content (AvgIpc) is 2.33. The molecule has 6 nitrogen and oxygen atoms in total. The van der Waals surface area contributed by atoms with Gasteiger partial charge in [-0.15, -0.1) is 10.2 Å². The van der Waals surface area contributed by atoms with E-state index in [1.54, 1.807) is 0 Å². The Balaban J connectivity index is 2.67. The molecule has 12 heavy (non-hydrogen) atoms. The molecule has 0 saturated carbocycles. The van der Waals surface area contributed by atoms with E-state index in [9.17, 15) is 9.59 Å². The summed E-state index contributed by atoms with van der Waals surface area (Å²) in [6, 6.07) is 0. The Hall–Kier alpha value is -1.85. The fraction of sp³-hybridized carbons (Fsp3) is 0.167. The molecular formula is C6H4N4O2. The van der Waals surface area contributed by atoms with Crippen molar-refractivity contribution in [2.24, 2.45) is 0 Å². The predicted octanol–water partition coefficient (Wildman–Crippen LogP) is -0.903. The molecule has 6 heteroatoms. The van der Waals surface area contributed by atoms with E-state index in [-0.39, 0.29) is 11.4 Å². The number of carbonyl (C=O) groups is 2. The van der Waals surface area contributed by atoms with Gasteiger partial charge in [-0.25, -0.2) is 4.98 Å². The van der Waals surface area contributed by atoms with Crippen LogP contribution in [0.25, 0.3) is 0 Å². The minimum Gasteiger partial charge on any atom is -0.275 e. The number of fused-ring (bicyclic) bond motifs is 1. The van der Waals surface area contributed by atoms with Gasteiger partial charge in [-0.3, -0.25) is 14.5 Å². The first-order chi connectivity index (χ1) is 5.72. The fourth-order valence-electron chi connectivity index (χ4n) is 0.986. The van der Waals surface area contributed by atoms with Crippen LogP contribution < -0.4 is 0 Å². The predicted molar refractivity (Wildman–Crippen MR) is 36.3 cm³/mol. The summed E-state index contributed by atoms with van der Waals surface area (Å²) in [5.41, 5.74) is 0.113. The second-order valence-corrected chi connectivity index (χ2v) is 2.33. The molecule has 1 aliphatic rings. The van der Waals surface area contributed by atoms with Crippen LogP contribution in [-0.4, -0.2) is 38.9 Å². The Morgan fingerprint density at radius 1 is 1.25 bits per heavy atom. The van der Waals surface area contributed by atoms with Gasteiger partial charge >= 0.3 is 0 Å². The van der Waals surface area contributed by atoms with Crippen LogP contribution in [-0.2, 0) is 0 Å². The molecule has 0 aromatic carbocycles. The lowest BCUT2D eigenvalue weighted by molar-refractivity contribution is 0.0689. The molecule has 2 heterocycles. The highest BCUT2D eigenvalue weighted by molar-refractivity contribution is 6.18. The number of aromatic nitrogens is 3. The second-order valence-electron chi connectivity index (χ2n) is 2.33. The van der Waals surface area contributed by atoms with Gasteiger partial charge in [-0.05, 0) is 0 Å². The normalized spacial score (nSPS) is 15.2. The van der Waals surface area contributed by atoms with Gasteiger partial charge in [0.1, 0.15) is 6.33 Å². The first-order valence-electron chi connectivity index (χ1n) is 3.22. The third-order valence-corrected chi connectivity index (χ3v) is 1.63. The summed E-state index contributed by atoms with van der Waals surface area (Å²) in [6.45, 7) is 0. The van der Waals surface area contributed by atoms with Gasteiger partial charge in [-0.2, -0.15) is 0 Å². The number of nitrogens with zero attached hydrogens (tertiary/aromatic N) is 4. The minimum atomic E-state index is -0.449. The molecule has 0 fully saturated rings. The molecule has 0 N–H and O–H groups in total. The van der Waals surface area contributed by atoms with Crippen molar-refractivity contribution in [1.29, 1.82) is 0 Å². The summed E-state index contributed by atoms with van der Waals surface area (Å²) >= 11 is 0. The highest BCUT2D eigenvalue weighted by Crippen LogP contribution is 2.14. The molecule has 1 aliphatic heterocycles. The van der Waals surface area contributed by atoms with Crippen LogP contribution in [0.1, 0.15) is 21.0 Å². The van der Waals surface area contributed by atoms with E-state index >= 15 is 0 Å². The highest BCUT2D eigenvalue weighted by atomic mass is 16.2. The fourth-order valence-corrected chi connectivity index (χ4v) is 0.986. The van der Waals surface area contributed by atoms with Gasteiger partial charge < -0.3 is 0 Å². The number of hydrogen-bond acceptors (Lipinski definition) is 5. The van der Waals surface area contributed by atoms with E-state index in [4.69, 9.17) is 0 Å². The number of imide groups is 1. The lowest BCUT2D eigenvalue weighted by Crippen LogP contribution is -2.24. The van der Waals surface area contributed by atoms with Crippen LogP contribution >= 0.6 is 0 Å². The lowest BCUT2D eigenvalue weighted by Gasteiger charge is -2.01. The summed E-state index contributed by atoms with van der Waals surface area (Å²) in [5, 5.41) is 6.93. The molecule has 0 bridgehead atoms. The molecule has 0 spiro atoms. The number of rotatable bonds is 0. The van der Waals surface area contributed by atoms with Crippen molar-refractivity contribution in [2.45, 2.75) is 0 Å². The summed E-state index contributed by atoms with van der Waals surface area (Å²) in [6.07, 6.45) is 1.14. The van der Waals surface area contributed by atoms with Crippen LogP contribution in [0, 0.1) is 0 Å². The van der Waals surface area contributed by atoms with Crippen LogP contribution in [0.5, 0.6) is 0 Å². The third kappa shape index (κ3) is 0.659. The molecule has 1 aromatic heterocycles. The van der Waals surface area contributed by atoms with Crippen molar-refractivity contribution in [2.75, 3.05) is 7.05 Å². The maximum atomic E-state index is 11.2. The molecule has 2 amide bonds. The van der Waals surface area contributed by atoms with Crippen molar-refractivity contribution in [1.82, 2.24) is 20.1 Å². The summed E-state index contributed by atoms with van der Waals surface area (Å²) in [7, 11) is 1.38. The summed E-state index contributed by atoms with van der Waals surface area (Å²) < 4.78 is 0. The first-order valence-corrected chi connectivity index (χ1v) is 3.22. The highest BCUT2D eigenvalue weighted by Gasteiger charge is 2.35. The molecule has 1 aromatic rings. The van der Waals surface area contributed by atoms with Gasteiger partial charge in [0.25, 0.3) is 11.8 Å². The standard InChI is InChI=1S/C6H4N4O2/c1-10-5(11)3-4(6(10)12)9-8-2-7-3/h2H,1H3. The Labute approximate surface area is 67.2 Å². The van der Waals surface area contributed by atoms with Crippen molar-refractivity contribution >= 4 is 11.8 Å². The zero-order chi connectivity index (χ0) is 8.72. The lowest BCUT2D eigenvalue weighted by atomic mass is 10.4. The molecule has 0 saturated heterocycles. The Kier molecular flexibility index (Phi) is 1.18. The average molecular weight is 164 g/mol. The van der Waals surface area contributed by atoms with Crippen LogP contribution in [0.3, 0.4) is 0 Å². The smallest absolute Gasteiger partial charge is 0.275 e. The quantitative estimate of drug-likeness (QED) is 0.464. The van der Waals surface area contributed by atoms with Crippen LogP contribution in [0.2, 0.25) is 0 Å². The van der Waals surface area contributed by atoms with E-state index in [1.165, 1.54) is 7.05 Å². The van der Waals surface area contributed by atoms with Gasteiger partial charge in [-0.1, -0.05) is 0 Å². The van der Waals surface area contributed by atoms with E-state index in [2.05, 4.69) is 15.2 Å². The van der Waals surface area contributed by atoms with Crippen molar-refractivity contribution in [3.8, 4) is 0 Å². The molecular weight excluding hydrogens is 160 g/mol. The van der Waals surface area contributed by atoms with Crippen molar-refractivity contribution in [3.05, 3.63) is 17.7 Å². The SMILES string of the molecule is CN1C(=O)c2ncnnc2C1=O. The zero-order valence-electron chi connectivity index (χ0n) is 6.18. The topological polar surface area (TPSA) is 76.1 Å². The third-order valence-electron chi connectivity index (χ3n) is 1.63. The zero-order valence-corrected chi connectivity index (χ0v) is 6.18. The molecule has 2 rings (SSSR count).